The highest BCUT2D eigenvalue weighted by Crippen LogP contribution is 2.43. The number of ether oxygens (including phenoxy) is 1. The number of nitrogens with zero attached hydrogens (tertiary/aromatic N) is 1. The predicted octanol–water partition coefficient (Wildman–Crippen LogP) is 3.01. The second-order valence-electron chi connectivity index (χ2n) is 4.60. The smallest absolute Gasteiger partial charge is 0.169 e. The fourth-order valence-corrected chi connectivity index (χ4v) is 3.50. The predicted molar refractivity (Wildman–Crippen MR) is 63.8 cm³/mol. The molecular weight excluding hydrogens is 222 g/mol. The summed E-state index contributed by atoms with van der Waals surface area (Å²) >= 11 is 1.54. The molecule has 1 aliphatic rings. The average molecular weight is 239 g/mol. The lowest BCUT2D eigenvalue weighted by Crippen LogP contribution is -2.34. The molecule has 1 aromatic rings. The molecule has 88 valence electrons. The van der Waals surface area contributed by atoms with Crippen LogP contribution in [-0.4, -0.2) is 18.4 Å². The van der Waals surface area contributed by atoms with E-state index in [9.17, 15) is 4.79 Å². The summed E-state index contributed by atoms with van der Waals surface area (Å²) in [7, 11) is 1.75. The van der Waals surface area contributed by atoms with Crippen molar-refractivity contribution < 1.29 is 9.53 Å². The molecule has 1 aliphatic carbocycles. The van der Waals surface area contributed by atoms with Crippen LogP contribution in [0.2, 0.25) is 0 Å². The van der Waals surface area contributed by atoms with Gasteiger partial charge >= 0.3 is 0 Å². The van der Waals surface area contributed by atoms with Crippen LogP contribution in [0.1, 0.15) is 48.1 Å². The average Bonchev–Trinajstić information content (AvgIpc) is 2.78. The van der Waals surface area contributed by atoms with Gasteiger partial charge in [0.2, 0.25) is 0 Å². The zero-order valence-electron chi connectivity index (χ0n) is 9.73. The Morgan fingerprint density at radius 2 is 2.50 bits per heavy atom. The molecule has 0 aliphatic heterocycles. The molecule has 0 aromatic carbocycles. The third-order valence-corrected chi connectivity index (χ3v) is 4.42. The van der Waals surface area contributed by atoms with E-state index in [0.717, 1.165) is 24.1 Å². The second kappa shape index (κ2) is 4.63. The highest BCUT2D eigenvalue weighted by molar-refractivity contribution is 7.10. The summed E-state index contributed by atoms with van der Waals surface area (Å²) in [6, 6.07) is 0. The van der Waals surface area contributed by atoms with Crippen LogP contribution in [0.3, 0.4) is 0 Å². The van der Waals surface area contributed by atoms with Crippen molar-refractivity contribution in [3.8, 4) is 0 Å². The number of methoxy groups -OCH3 is 1. The highest BCUT2D eigenvalue weighted by atomic mass is 32.1. The molecule has 16 heavy (non-hydrogen) atoms. The first-order chi connectivity index (χ1) is 7.70. The minimum absolute atomic E-state index is 0.246. The summed E-state index contributed by atoms with van der Waals surface area (Å²) < 4.78 is 5.73. The fraction of sp³-hybridized carbons (Fsp3) is 0.667. The monoisotopic (exact) mass is 239 g/mol. The van der Waals surface area contributed by atoms with Gasteiger partial charge in [0.15, 0.2) is 6.29 Å². The van der Waals surface area contributed by atoms with Gasteiger partial charge in [-0.25, -0.2) is 4.98 Å². The van der Waals surface area contributed by atoms with Crippen molar-refractivity contribution in [2.45, 2.75) is 38.2 Å². The van der Waals surface area contributed by atoms with E-state index in [1.165, 1.54) is 24.2 Å². The number of hydrogen-bond acceptors (Lipinski definition) is 4. The number of carbonyl (C=O) groups excluding carboxylic acids is 1. The van der Waals surface area contributed by atoms with Crippen molar-refractivity contribution in [3.05, 3.63) is 16.1 Å². The molecule has 0 N–H and O–H groups in total. The van der Waals surface area contributed by atoms with E-state index < -0.39 is 0 Å². The van der Waals surface area contributed by atoms with E-state index >= 15 is 0 Å². The SMILES string of the molecule is COC1(c2nc(C=O)cs2)CCCC(C)C1. The van der Waals surface area contributed by atoms with Crippen molar-refractivity contribution >= 4 is 17.6 Å². The molecule has 0 amide bonds. The Hall–Kier alpha value is -0.740. The number of carbonyl (C=O) groups is 1. The maximum absolute atomic E-state index is 10.7. The van der Waals surface area contributed by atoms with Crippen LogP contribution in [0.5, 0.6) is 0 Å². The van der Waals surface area contributed by atoms with Gasteiger partial charge in [0.25, 0.3) is 0 Å². The lowest BCUT2D eigenvalue weighted by atomic mass is 9.79. The van der Waals surface area contributed by atoms with E-state index in [1.807, 2.05) is 5.38 Å². The molecule has 0 spiro atoms. The van der Waals surface area contributed by atoms with Crippen LogP contribution in [0.4, 0.5) is 0 Å². The molecule has 0 saturated heterocycles. The zero-order valence-corrected chi connectivity index (χ0v) is 10.5. The van der Waals surface area contributed by atoms with Crippen LogP contribution in [-0.2, 0) is 10.3 Å². The van der Waals surface area contributed by atoms with Gasteiger partial charge in [0, 0.05) is 12.5 Å². The first-order valence-corrected chi connectivity index (χ1v) is 6.54. The molecule has 1 fully saturated rings. The number of thiazole rings is 1. The maximum atomic E-state index is 10.7. The van der Waals surface area contributed by atoms with Crippen LogP contribution >= 0.6 is 11.3 Å². The molecule has 0 bridgehead atoms. The van der Waals surface area contributed by atoms with Crippen molar-refractivity contribution in [3.63, 3.8) is 0 Å². The number of aldehydes is 1. The third-order valence-electron chi connectivity index (χ3n) is 3.38. The molecule has 2 atom stereocenters. The Balaban J connectivity index is 2.29. The first kappa shape index (κ1) is 11.7. The minimum atomic E-state index is -0.246. The van der Waals surface area contributed by atoms with Crippen molar-refractivity contribution in [2.75, 3.05) is 7.11 Å². The van der Waals surface area contributed by atoms with Gasteiger partial charge in [-0.05, 0) is 25.2 Å². The van der Waals surface area contributed by atoms with Gasteiger partial charge in [-0.2, -0.15) is 0 Å². The summed E-state index contributed by atoms with van der Waals surface area (Å²) in [5.41, 5.74) is 0.276. The summed E-state index contributed by atoms with van der Waals surface area (Å²) in [4.78, 5) is 15.0. The van der Waals surface area contributed by atoms with Crippen LogP contribution in [0, 0.1) is 5.92 Å². The Morgan fingerprint density at radius 1 is 1.69 bits per heavy atom. The lowest BCUT2D eigenvalue weighted by molar-refractivity contribution is -0.0580. The largest absolute Gasteiger partial charge is 0.371 e. The van der Waals surface area contributed by atoms with Gasteiger partial charge in [-0.1, -0.05) is 13.3 Å². The summed E-state index contributed by atoms with van der Waals surface area (Å²) in [6.45, 7) is 2.25. The Morgan fingerprint density at radius 3 is 3.06 bits per heavy atom. The lowest BCUT2D eigenvalue weighted by Gasteiger charge is -2.37. The fourth-order valence-electron chi connectivity index (χ4n) is 2.52. The molecule has 2 unspecified atom stereocenters. The van der Waals surface area contributed by atoms with Gasteiger partial charge < -0.3 is 4.74 Å². The molecule has 4 heteroatoms. The highest BCUT2D eigenvalue weighted by Gasteiger charge is 2.39. The van der Waals surface area contributed by atoms with Gasteiger partial charge in [0.05, 0.1) is 0 Å². The minimum Gasteiger partial charge on any atom is -0.371 e. The van der Waals surface area contributed by atoms with Crippen molar-refractivity contribution in [2.24, 2.45) is 5.92 Å². The van der Waals surface area contributed by atoms with Crippen molar-refractivity contribution in [1.29, 1.82) is 0 Å². The second-order valence-corrected chi connectivity index (χ2v) is 5.45. The topological polar surface area (TPSA) is 39.2 Å². The number of rotatable bonds is 3. The third kappa shape index (κ3) is 2.04. The van der Waals surface area contributed by atoms with Gasteiger partial charge in [-0.3, -0.25) is 4.79 Å². The molecule has 0 radical (unpaired) electrons. The van der Waals surface area contributed by atoms with E-state index in [2.05, 4.69) is 11.9 Å². The summed E-state index contributed by atoms with van der Waals surface area (Å²) in [6.07, 6.45) is 5.26. The summed E-state index contributed by atoms with van der Waals surface area (Å²) in [5, 5.41) is 2.77. The summed E-state index contributed by atoms with van der Waals surface area (Å²) in [5.74, 6) is 0.664. The normalized spacial score (nSPS) is 30.2. The van der Waals surface area contributed by atoms with E-state index in [0.29, 0.717) is 11.6 Å². The molecule has 1 aromatic heterocycles. The van der Waals surface area contributed by atoms with E-state index in [-0.39, 0.29) is 5.60 Å². The van der Waals surface area contributed by atoms with Crippen LogP contribution < -0.4 is 0 Å². The molecule has 1 saturated carbocycles. The van der Waals surface area contributed by atoms with Gasteiger partial charge in [-0.15, -0.1) is 11.3 Å². The Bertz CT molecular complexity index is 377. The zero-order chi connectivity index (χ0) is 11.6. The number of aromatic nitrogens is 1. The van der Waals surface area contributed by atoms with Crippen LogP contribution in [0.25, 0.3) is 0 Å². The van der Waals surface area contributed by atoms with E-state index in [4.69, 9.17) is 4.74 Å². The number of hydrogen-bond donors (Lipinski definition) is 0. The quantitative estimate of drug-likeness (QED) is 0.761. The molecular formula is C12H17NO2S. The molecule has 2 rings (SSSR count). The standard InChI is InChI=1S/C12H17NO2S/c1-9-4-3-5-12(6-9,15-2)11-13-10(7-14)8-16-11/h7-9H,3-6H2,1-2H3. The Labute approximate surface area is 99.8 Å². The first-order valence-electron chi connectivity index (χ1n) is 5.66. The maximum Gasteiger partial charge on any atom is 0.169 e. The van der Waals surface area contributed by atoms with E-state index in [1.54, 1.807) is 7.11 Å². The molecule has 1 heterocycles. The molecule has 3 nitrogen and oxygen atoms in total. The Kier molecular flexibility index (Phi) is 3.40. The van der Waals surface area contributed by atoms with Crippen molar-refractivity contribution in [1.82, 2.24) is 4.98 Å². The van der Waals surface area contributed by atoms with Crippen LogP contribution in [0.15, 0.2) is 5.38 Å². The van der Waals surface area contributed by atoms with Gasteiger partial charge in [0.1, 0.15) is 16.3 Å².